The van der Waals surface area contributed by atoms with Gasteiger partial charge in [0.25, 0.3) is 0 Å². The molecule has 0 aliphatic heterocycles. The highest BCUT2D eigenvalue weighted by Gasteiger charge is 2.21. The van der Waals surface area contributed by atoms with Crippen LogP contribution in [0.2, 0.25) is 0 Å². The number of carbonyl (C=O) groups is 2. The van der Waals surface area contributed by atoms with Crippen molar-refractivity contribution in [1.82, 2.24) is 5.32 Å². The first-order chi connectivity index (χ1) is 11.5. The van der Waals surface area contributed by atoms with Gasteiger partial charge in [0.15, 0.2) is 11.7 Å². The molecule has 0 saturated heterocycles. The van der Waals surface area contributed by atoms with Crippen molar-refractivity contribution < 1.29 is 9.59 Å². The van der Waals surface area contributed by atoms with Gasteiger partial charge >= 0.3 is 0 Å². The minimum absolute atomic E-state index is 0.00000304. The Balaban J connectivity index is 2.21. The lowest BCUT2D eigenvalue weighted by molar-refractivity contribution is -0.110. The maximum atomic E-state index is 12.7. The van der Waals surface area contributed by atoms with Crippen molar-refractivity contribution in [1.29, 1.82) is 0 Å². The van der Waals surface area contributed by atoms with Gasteiger partial charge < -0.3 is 22.5 Å². The Hall–Kier alpha value is -3.09. The standard InChI is InChI=1S/C17H21N5O2/c18-15-12-5-2-1-4-11(12)7-8-13(15)16(24)14(22-10-23)6-3-9-21-17(19)20/h1-2,4-5,7-8,10,14H,3,6,9,18H2,(H,22,23)(H4,19,20,21)/t14-/m0/s1. The van der Waals surface area contributed by atoms with Crippen LogP contribution < -0.4 is 22.5 Å². The second-order valence-electron chi connectivity index (χ2n) is 5.40. The fourth-order valence-electron chi connectivity index (χ4n) is 2.57. The number of nitrogens with two attached hydrogens (primary N) is 3. The SMILES string of the molecule is NC(N)=NCCC[C@H](NC=O)C(=O)c1ccc2ccccc2c1N. The summed E-state index contributed by atoms with van der Waals surface area (Å²) < 4.78 is 0. The van der Waals surface area contributed by atoms with E-state index in [9.17, 15) is 9.59 Å². The van der Waals surface area contributed by atoms with Crippen LogP contribution in [0.5, 0.6) is 0 Å². The molecule has 0 spiro atoms. The van der Waals surface area contributed by atoms with Crippen LogP contribution in [0.25, 0.3) is 10.8 Å². The minimum Gasteiger partial charge on any atom is -0.398 e. The third-order valence-corrected chi connectivity index (χ3v) is 3.77. The first-order valence-electron chi connectivity index (χ1n) is 7.61. The van der Waals surface area contributed by atoms with E-state index in [0.717, 1.165) is 10.8 Å². The van der Waals surface area contributed by atoms with E-state index in [1.165, 1.54) is 0 Å². The number of benzene rings is 2. The summed E-state index contributed by atoms with van der Waals surface area (Å²) in [6, 6.07) is 10.4. The fraction of sp³-hybridized carbons (Fsp3) is 0.235. The Morgan fingerprint density at radius 2 is 1.96 bits per heavy atom. The van der Waals surface area contributed by atoms with E-state index >= 15 is 0 Å². The highest BCUT2D eigenvalue weighted by Crippen LogP contribution is 2.26. The van der Waals surface area contributed by atoms with Crippen molar-refractivity contribution in [3.63, 3.8) is 0 Å². The number of anilines is 1. The average Bonchev–Trinajstić information content (AvgIpc) is 2.57. The summed E-state index contributed by atoms with van der Waals surface area (Å²) in [5.74, 6) is -0.227. The number of nitrogen functional groups attached to an aromatic ring is 1. The summed E-state index contributed by atoms with van der Waals surface area (Å²) >= 11 is 0. The number of guanidine groups is 1. The second kappa shape index (κ2) is 7.96. The van der Waals surface area contributed by atoms with E-state index in [1.54, 1.807) is 6.07 Å². The zero-order valence-corrected chi connectivity index (χ0v) is 13.2. The lowest BCUT2D eigenvalue weighted by Crippen LogP contribution is -2.36. The lowest BCUT2D eigenvalue weighted by atomic mass is 9.96. The summed E-state index contributed by atoms with van der Waals surface area (Å²) in [5, 5.41) is 4.32. The molecule has 7 nitrogen and oxygen atoms in total. The maximum Gasteiger partial charge on any atom is 0.207 e. The first kappa shape index (κ1) is 17.3. The number of hydrogen-bond donors (Lipinski definition) is 4. The predicted octanol–water partition coefficient (Wildman–Crippen LogP) is 0.773. The molecule has 0 unspecified atom stereocenters. The predicted molar refractivity (Wildman–Crippen MR) is 95.6 cm³/mol. The molecule has 0 bridgehead atoms. The van der Waals surface area contributed by atoms with Gasteiger partial charge in [-0.3, -0.25) is 14.6 Å². The Labute approximate surface area is 139 Å². The average molecular weight is 327 g/mol. The largest absolute Gasteiger partial charge is 0.398 e. The molecule has 126 valence electrons. The van der Waals surface area contributed by atoms with E-state index in [-0.39, 0.29) is 11.7 Å². The molecular weight excluding hydrogens is 306 g/mol. The van der Waals surface area contributed by atoms with E-state index in [1.807, 2.05) is 30.3 Å². The first-order valence-corrected chi connectivity index (χ1v) is 7.61. The van der Waals surface area contributed by atoms with Crippen LogP contribution in [-0.2, 0) is 4.79 Å². The molecule has 0 heterocycles. The van der Waals surface area contributed by atoms with Crippen LogP contribution in [0.1, 0.15) is 23.2 Å². The lowest BCUT2D eigenvalue weighted by Gasteiger charge is -2.16. The summed E-state index contributed by atoms with van der Waals surface area (Å²) in [7, 11) is 0. The van der Waals surface area contributed by atoms with Crippen LogP contribution in [0.3, 0.4) is 0 Å². The van der Waals surface area contributed by atoms with Crippen molar-refractivity contribution in [2.45, 2.75) is 18.9 Å². The molecular formula is C17H21N5O2. The van der Waals surface area contributed by atoms with E-state index in [0.29, 0.717) is 37.0 Å². The third kappa shape index (κ3) is 4.01. The van der Waals surface area contributed by atoms with E-state index in [2.05, 4.69) is 10.3 Å². The number of rotatable bonds is 8. The number of hydrogen-bond acceptors (Lipinski definition) is 4. The molecule has 0 aromatic heterocycles. The number of ketones is 1. The molecule has 0 saturated carbocycles. The molecule has 2 aromatic carbocycles. The zero-order chi connectivity index (χ0) is 17.5. The van der Waals surface area contributed by atoms with Crippen molar-refractivity contribution in [2.24, 2.45) is 16.5 Å². The van der Waals surface area contributed by atoms with Crippen molar-refractivity contribution >= 4 is 34.6 Å². The summed E-state index contributed by atoms with van der Waals surface area (Å²) in [5.41, 5.74) is 17.5. The molecule has 7 N–H and O–H groups in total. The van der Waals surface area contributed by atoms with Gasteiger partial charge in [-0.1, -0.05) is 30.3 Å². The summed E-state index contributed by atoms with van der Waals surface area (Å²) in [6.45, 7) is 0.389. The van der Waals surface area contributed by atoms with Crippen molar-refractivity contribution in [3.8, 4) is 0 Å². The molecule has 0 fully saturated rings. The highest BCUT2D eigenvalue weighted by atomic mass is 16.1. The highest BCUT2D eigenvalue weighted by molar-refractivity contribution is 6.10. The van der Waals surface area contributed by atoms with Gasteiger partial charge in [-0.05, 0) is 24.3 Å². The monoisotopic (exact) mass is 327 g/mol. The zero-order valence-electron chi connectivity index (χ0n) is 13.2. The molecule has 7 heteroatoms. The van der Waals surface area contributed by atoms with E-state index in [4.69, 9.17) is 17.2 Å². The number of aliphatic imine (C=N–C) groups is 1. The minimum atomic E-state index is -0.667. The number of nitrogens with zero attached hydrogens (tertiary/aromatic N) is 1. The Morgan fingerprint density at radius 1 is 1.21 bits per heavy atom. The van der Waals surface area contributed by atoms with Crippen LogP contribution in [0.15, 0.2) is 41.4 Å². The Morgan fingerprint density at radius 3 is 2.67 bits per heavy atom. The molecule has 0 aliphatic carbocycles. The van der Waals surface area contributed by atoms with Crippen molar-refractivity contribution in [3.05, 3.63) is 42.0 Å². The van der Waals surface area contributed by atoms with Gasteiger partial charge in [0.1, 0.15) is 0 Å². The molecule has 2 aromatic rings. The fourth-order valence-corrected chi connectivity index (χ4v) is 2.57. The topological polar surface area (TPSA) is 137 Å². The van der Waals surface area contributed by atoms with Crippen LogP contribution in [0, 0.1) is 0 Å². The van der Waals surface area contributed by atoms with Crippen molar-refractivity contribution in [2.75, 3.05) is 12.3 Å². The normalized spacial score (nSPS) is 11.7. The summed E-state index contributed by atoms with van der Waals surface area (Å²) in [4.78, 5) is 27.4. The number of fused-ring (bicyclic) bond motifs is 1. The van der Waals surface area contributed by atoms with Gasteiger partial charge in [0.2, 0.25) is 6.41 Å². The van der Waals surface area contributed by atoms with Gasteiger partial charge in [-0.15, -0.1) is 0 Å². The van der Waals surface area contributed by atoms with Crippen LogP contribution in [0.4, 0.5) is 5.69 Å². The smallest absolute Gasteiger partial charge is 0.207 e. The van der Waals surface area contributed by atoms with Gasteiger partial charge in [0.05, 0.1) is 11.7 Å². The second-order valence-corrected chi connectivity index (χ2v) is 5.40. The quantitative estimate of drug-likeness (QED) is 0.142. The number of nitrogens with one attached hydrogen (secondary N) is 1. The number of amides is 1. The number of carbonyl (C=O) groups excluding carboxylic acids is 2. The molecule has 2 rings (SSSR count). The van der Waals surface area contributed by atoms with Gasteiger partial charge in [0, 0.05) is 17.5 Å². The Bertz CT molecular complexity index is 769. The molecule has 0 radical (unpaired) electrons. The molecule has 1 amide bonds. The summed E-state index contributed by atoms with van der Waals surface area (Å²) in [6.07, 6.45) is 1.49. The number of Topliss-reactive ketones (excluding diaryl/α,β-unsaturated/α-hetero) is 1. The maximum absolute atomic E-state index is 12.7. The molecule has 1 atom stereocenters. The van der Waals surface area contributed by atoms with E-state index < -0.39 is 6.04 Å². The Kier molecular flexibility index (Phi) is 5.73. The van der Waals surface area contributed by atoms with Crippen LogP contribution >= 0.6 is 0 Å². The molecule has 24 heavy (non-hydrogen) atoms. The van der Waals surface area contributed by atoms with Crippen LogP contribution in [-0.4, -0.2) is 30.7 Å². The van der Waals surface area contributed by atoms with Gasteiger partial charge in [-0.2, -0.15) is 0 Å². The molecule has 0 aliphatic rings. The van der Waals surface area contributed by atoms with Gasteiger partial charge in [-0.25, -0.2) is 0 Å². The third-order valence-electron chi connectivity index (χ3n) is 3.77.